The summed E-state index contributed by atoms with van der Waals surface area (Å²) in [6.07, 6.45) is 0. The van der Waals surface area contributed by atoms with E-state index in [9.17, 15) is 0 Å². The first-order valence-corrected chi connectivity index (χ1v) is 5.27. The van der Waals surface area contributed by atoms with Crippen molar-refractivity contribution in [1.82, 2.24) is 10.3 Å². The molecule has 1 heterocycles. The van der Waals surface area contributed by atoms with Gasteiger partial charge in [0.15, 0.2) is 0 Å². The van der Waals surface area contributed by atoms with E-state index >= 15 is 0 Å². The van der Waals surface area contributed by atoms with E-state index in [1.807, 2.05) is 0 Å². The third-order valence-corrected chi connectivity index (χ3v) is 2.49. The first kappa shape index (κ1) is 10.6. The largest absolute Gasteiger partial charge is 0.325 e. The summed E-state index contributed by atoms with van der Waals surface area (Å²) >= 11 is 1.62. The molecule has 0 aliphatic rings. The van der Waals surface area contributed by atoms with Crippen LogP contribution in [0.15, 0.2) is 5.38 Å². The lowest BCUT2D eigenvalue weighted by atomic mass is 10.1. The quantitative estimate of drug-likeness (QED) is 0.775. The summed E-state index contributed by atoms with van der Waals surface area (Å²) in [7, 11) is 0. The van der Waals surface area contributed by atoms with Crippen LogP contribution in [-0.4, -0.2) is 10.5 Å². The number of nitrogens with one attached hydrogen (secondary N) is 1. The molecule has 0 spiro atoms. The Balaban J connectivity index is 2.46. The Morgan fingerprint density at radius 1 is 1.54 bits per heavy atom. The van der Waals surface area contributed by atoms with Crippen molar-refractivity contribution in [2.24, 2.45) is 5.73 Å². The average molecular weight is 199 g/mol. The van der Waals surface area contributed by atoms with Gasteiger partial charge in [-0.25, -0.2) is 4.98 Å². The van der Waals surface area contributed by atoms with Crippen molar-refractivity contribution >= 4 is 11.3 Å². The van der Waals surface area contributed by atoms with E-state index in [0.717, 1.165) is 17.2 Å². The van der Waals surface area contributed by atoms with Crippen molar-refractivity contribution in [1.29, 1.82) is 0 Å². The molecule has 0 amide bonds. The van der Waals surface area contributed by atoms with E-state index in [1.54, 1.807) is 11.3 Å². The van der Waals surface area contributed by atoms with Crippen molar-refractivity contribution < 1.29 is 0 Å². The van der Waals surface area contributed by atoms with Gasteiger partial charge >= 0.3 is 0 Å². The molecule has 74 valence electrons. The molecule has 0 fully saturated rings. The third-order valence-electron chi connectivity index (χ3n) is 1.57. The summed E-state index contributed by atoms with van der Waals surface area (Å²) in [6, 6.07) is 0. The Hall–Kier alpha value is -0.450. The average Bonchev–Trinajstić information content (AvgIpc) is 2.47. The van der Waals surface area contributed by atoms with Crippen LogP contribution in [0.25, 0.3) is 0 Å². The minimum Gasteiger partial charge on any atom is -0.325 e. The zero-order chi connectivity index (χ0) is 9.90. The molecule has 1 rings (SSSR count). The third kappa shape index (κ3) is 3.85. The second-order valence-electron chi connectivity index (χ2n) is 4.04. The van der Waals surface area contributed by atoms with E-state index < -0.39 is 0 Å². The highest BCUT2D eigenvalue weighted by Gasteiger charge is 2.09. The summed E-state index contributed by atoms with van der Waals surface area (Å²) in [6.45, 7) is 7.79. The first-order valence-electron chi connectivity index (χ1n) is 4.39. The van der Waals surface area contributed by atoms with Gasteiger partial charge in [0.05, 0.1) is 5.69 Å². The van der Waals surface area contributed by atoms with Gasteiger partial charge in [0.25, 0.3) is 0 Å². The van der Waals surface area contributed by atoms with Gasteiger partial charge in [0.2, 0.25) is 0 Å². The maximum Gasteiger partial charge on any atom is 0.106 e. The highest BCUT2D eigenvalue weighted by Crippen LogP contribution is 2.09. The van der Waals surface area contributed by atoms with E-state index in [-0.39, 0.29) is 5.54 Å². The molecule has 0 saturated carbocycles. The lowest BCUT2D eigenvalue weighted by Crippen LogP contribution is -2.35. The van der Waals surface area contributed by atoms with Gasteiger partial charge < -0.3 is 11.1 Å². The van der Waals surface area contributed by atoms with Crippen LogP contribution >= 0.6 is 11.3 Å². The number of aromatic nitrogens is 1. The fraction of sp³-hybridized carbons (Fsp3) is 0.667. The maximum atomic E-state index is 5.47. The molecule has 0 aromatic carbocycles. The monoisotopic (exact) mass is 199 g/mol. The fourth-order valence-corrected chi connectivity index (χ4v) is 1.55. The van der Waals surface area contributed by atoms with E-state index in [0.29, 0.717) is 6.54 Å². The van der Waals surface area contributed by atoms with E-state index in [2.05, 4.69) is 36.5 Å². The Bertz CT molecular complexity index is 262. The zero-order valence-electron chi connectivity index (χ0n) is 8.42. The van der Waals surface area contributed by atoms with Crippen LogP contribution in [0.5, 0.6) is 0 Å². The number of hydrogen-bond donors (Lipinski definition) is 2. The molecule has 1 aromatic rings. The van der Waals surface area contributed by atoms with Crippen molar-refractivity contribution in [3.05, 3.63) is 16.1 Å². The molecule has 3 nitrogen and oxygen atoms in total. The van der Waals surface area contributed by atoms with Gasteiger partial charge in [0.1, 0.15) is 5.01 Å². The van der Waals surface area contributed by atoms with Crippen LogP contribution in [0.2, 0.25) is 0 Å². The Labute approximate surface area is 83.4 Å². The molecule has 0 atom stereocenters. The fourth-order valence-electron chi connectivity index (χ4n) is 0.880. The van der Waals surface area contributed by atoms with Gasteiger partial charge in [-0.3, -0.25) is 0 Å². The first-order chi connectivity index (χ1) is 6.01. The minimum absolute atomic E-state index is 0.145. The number of nitrogens with zero attached hydrogens (tertiary/aromatic N) is 1. The number of thiazole rings is 1. The van der Waals surface area contributed by atoms with Gasteiger partial charge in [-0.2, -0.15) is 0 Å². The molecule has 0 aliphatic carbocycles. The van der Waals surface area contributed by atoms with Gasteiger partial charge in [0, 0.05) is 24.0 Å². The smallest absolute Gasteiger partial charge is 0.106 e. The number of rotatable bonds is 3. The molecular weight excluding hydrogens is 182 g/mol. The summed E-state index contributed by atoms with van der Waals surface area (Å²) in [5.74, 6) is 0. The SMILES string of the molecule is CC(C)(C)NCc1csc(CN)n1. The number of nitrogens with two attached hydrogens (primary N) is 1. The van der Waals surface area contributed by atoms with Crippen molar-refractivity contribution in [3.8, 4) is 0 Å². The summed E-state index contributed by atoms with van der Waals surface area (Å²) in [4.78, 5) is 4.36. The van der Waals surface area contributed by atoms with Gasteiger partial charge in [-0.05, 0) is 20.8 Å². The molecule has 0 aliphatic heterocycles. The minimum atomic E-state index is 0.145. The van der Waals surface area contributed by atoms with Crippen LogP contribution in [-0.2, 0) is 13.1 Å². The molecular formula is C9H17N3S. The molecule has 3 N–H and O–H groups in total. The summed E-state index contributed by atoms with van der Waals surface area (Å²) in [5.41, 5.74) is 6.70. The standard InChI is InChI=1S/C9H17N3S/c1-9(2,3)11-5-7-6-13-8(4-10)12-7/h6,11H,4-5,10H2,1-3H3. The zero-order valence-corrected chi connectivity index (χ0v) is 9.24. The highest BCUT2D eigenvalue weighted by atomic mass is 32.1. The lowest BCUT2D eigenvalue weighted by molar-refractivity contribution is 0.421. The Kier molecular flexibility index (Phi) is 3.41. The molecule has 0 unspecified atom stereocenters. The van der Waals surface area contributed by atoms with Crippen LogP contribution in [0, 0.1) is 0 Å². The van der Waals surface area contributed by atoms with Crippen LogP contribution in [0.3, 0.4) is 0 Å². The van der Waals surface area contributed by atoms with Crippen LogP contribution < -0.4 is 11.1 Å². The predicted octanol–water partition coefficient (Wildman–Crippen LogP) is 1.49. The second kappa shape index (κ2) is 4.17. The van der Waals surface area contributed by atoms with Crippen molar-refractivity contribution in [3.63, 3.8) is 0 Å². The molecule has 0 radical (unpaired) electrons. The van der Waals surface area contributed by atoms with Gasteiger partial charge in [-0.1, -0.05) is 0 Å². The predicted molar refractivity (Wildman–Crippen MR) is 56.6 cm³/mol. The lowest BCUT2D eigenvalue weighted by Gasteiger charge is -2.19. The second-order valence-corrected chi connectivity index (χ2v) is 4.98. The summed E-state index contributed by atoms with van der Waals surface area (Å²) < 4.78 is 0. The van der Waals surface area contributed by atoms with Gasteiger partial charge in [-0.15, -0.1) is 11.3 Å². The Morgan fingerprint density at radius 2 is 2.23 bits per heavy atom. The normalized spacial score (nSPS) is 12.0. The molecule has 0 bridgehead atoms. The summed E-state index contributed by atoms with van der Waals surface area (Å²) in [5, 5.41) is 6.44. The Morgan fingerprint density at radius 3 is 2.69 bits per heavy atom. The number of hydrogen-bond acceptors (Lipinski definition) is 4. The molecule has 13 heavy (non-hydrogen) atoms. The van der Waals surface area contributed by atoms with E-state index in [4.69, 9.17) is 5.73 Å². The topological polar surface area (TPSA) is 50.9 Å². The van der Waals surface area contributed by atoms with Crippen molar-refractivity contribution in [2.75, 3.05) is 0 Å². The highest BCUT2D eigenvalue weighted by molar-refractivity contribution is 7.09. The molecule has 1 aromatic heterocycles. The van der Waals surface area contributed by atoms with Crippen molar-refractivity contribution in [2.45, 2.75) is 39.4 Å². The van der Waals surface area contributed by atoms with E-state index in [1.165, 1.54) is 0 Å². The molecule has 0 saturated heterocycles. The molecule has 4 heteroatoms. The maximum absolute atomic E-state index is 5.47. The van der Waals surface area contributed by atoms with Crippen LogP contribution in [0.4, 0.5) is 0 Å². The van der Waals surface area contributed by atoms with Crippen LogP contribution in [0.1, 0.15) is 31.5 Å².